The van der Waals surface area contributed by atoms with Gasteiger partial charge in [0, 0.05) is 15.7 Å². The highest BCUT2D eigenvalue weighted by Gasteiger charge is 2.28. The van der Waals surface area contributed by atoms with Gasteiger partial charge in [-0.3, -0.25) is 4.79 Å². The predicted octanol–water partition coefficient (Wildman–Crippen LogP) is 2.17. The topological polar surface area (TPSA) is 51.2 Å². The molecule has 3 nitrogen and oxygen atoms in total. The molecule has 1 aliphatic rings. The van der Waals surface area contributed by atoms with Crippen LogP contribution in [0.1, 0.15) is 23.7 Å². The van der Waals surface area contributed by atoms with E-state index in [1.807, 2.05) is 18.2 Å². The van der Waals surface area contributed by atoms with Crippen LogP contribution < -0.4 is 0 Å². The van der Waals surface area contributed by atoms with Gasteiger partial charge in [-0.15, -0.1) is 11.8 Å². The van der Waals surface area contributed by atoms with Crippen molar-refractivity contribution < 1.29 is 13.2 Å². The number of carbonyl (C=O) groups excluding carboxylic acids is 1. The van der Waals surface area contributed by atoms with E-state index in [1.54, 1.807) is 17.8 Å². The lowest BCUT2D eigenvalue weighted by atomic mass is 10.2. The number of hydrogen-bond donors (Lipinski definition) is 0. The summed E-state index contributed by atoms with van der Waals surface area (Å²) in [6.45, 7) is 1.53. The fourth-order valence-electron chi connectivity index (χ4n) is 1.83. The van der Waals surface area contributed by atoms with Gasteiger partial charge < -0.3 is 0 Å². The molecule has 1 fully saturated rings. The van der Waals surface area contributed by atoms with Crippen molar-refractivity contribution in [3.05, 3.63) is 29.8 Å². The third-order valence-corrected chi connectivity index (χ3v) is 5.97. The lowest BCUT2D eigenvalue weighted by Crippen LogP contribution is -2.06. The van der Waals surface area contributed by atoms with Crippen molar-refractivity contribution in [2.75, 3.05) is 11.5 Å². The molecule has 92 valence electrons. The molecule has 1 unspecified atom stereocenters. The van der Waals surface area contributed by atoms with Gasteiger partial charge in [-0.2, -0.15) is 0 Å². The van der Waals surface area contributed by atoms with Gasteiger partial charge in [-0.25, -0.2) is 8.42 Å². The molecule has 2 rings (SSSR count). The second-order valence-electron chi connectivity index (χ2n) is 4.23. The summed E-state index contributed by atoms with van der Waals surface area (Å²) in [5, 5.41) is 0.127. The predicted molar refractivity (Wildman–Crippen MR) is 69.4 cm³/mol. The van der Waals surface area contributed by atoms with Crippen LogP contribution in [-0.4, -0.2) is 31.0 Å². The Labute approximate surface area is 106 Å². The fraction of sp³-hybridized carbons (Fsp3) is 0.417. The summed E-state index contributed by atoms with van der Waals surface area (Å²) in [7, 11) is -2.83. The van der Waals surface area contributed by atoms with Gasteiger partial charge >= 0.3 is 0 Å². The van der Waals surface area contributed by atoms with E-state index in [1.165, 1.54) is 6.92 Å². The van der Waals surface area contributed by atoms with Crippen LogP contribution in [0.2, 0.25) is 0 Å². The Bertz CT molecular complexity index is 534. The Hall–Kier alpha value is -0.810. The Balaban J connectivity index is 2.09. The molecule has 0 aliphatic carbocycles. The van der Waals surface area contributed by atoms with Crippen LogP contribution in [0.4, 0.5) is 0 Å². The number of thioether (sulfide) groups is 1. The van der Waals surface area contributed by atoms with Crippen LogP contribution in [0.15, 0.2) is 29.2 Å². The monoisotopic (exact) mass is 270 g/mol. The number of hydrogen-bond acceptors (Lipinski definition) is 4. The van der Waals surface area contributed by atoms with Gasteiger partial charge in [-0.05, 0) is 25.5 Å². The highest BCUT2D eigenvalue weighted by atomic mass is 32.2. The molecule has 1 aliphatic heterocycles. The minimum Gasteiger partial charge on any atom is -0.295 e. The molecule has 1 heterocycles. The van der Waals surface area contributed by atoms with Crippen LogP contribution >= 0.6 is 11.8 Å². The van der Waals surface area contributed by atoms with Crippen molar-refractivity contribution >= 4 is 27.4 Å². The molecular weight excluding hydrogens is 256 g/mol. The molecule has 0 aromatic heterocycles. The molecule has 1 saturated heterocycles. The van der Waals surface area contributed by atoms with Gasteiger partial charge in [0.25, 0.3) is 0 Å². The highest BCUT2D eigenvalue weighted by molar-refractivity contribution is 8.01. The smallest absolute Gasteiger partial charge is 0.159 e. The van der Waals surface area contributed by atoms with Crippen LogP contribution in [0.5, 0.6) is 0 Å². The minimum atomic E-state index is -2.83. The first kappa shape index (κ1) is 12.6. The van der Waals surface area contributed by atoms with Crippen LogP contribution in [0.3, 0.4) is 0 Å². The number of ketones is 1. The molecule has 1 aromatic carbocycles. The van der Waals surface area contributed by atoms with Gasteiger partial charge in [0.15, 0.2) is 15.6 Å². The first-order chi connectivity index (χ1) is 7.96. The molecule has 0 amide bonds. The molecule has 0 N–H and O–H groups in total. The lowest BCUT2D eigenvalue weighted by molar-refractivity contribution is 0.101. The van der Waals surface area contributed by atoms with Crippen LogP contribution in [0.25, 0.3) is 0 Å². The summed E-state index contributed by atoms with van der Waals surface area (Å²) in [4.78, 5) is 12.2. The minimum absolute atomic E-state index is 0.0338. The third kappa shape index (κ3) is 3.33. The molecule has 1 aromatic rings. The Morgan fingerprint density at radius 1 is 1.41 bits per heavy atom. The highest BCUT2D eigenvalue weighted by Crippen LogP contribution is 2.31. The second kappa shape index (κ2) is 4.82. The summed E-state index contributed by atoms with van der Waals surface area (Å²) in [5.74, 6) is 0.574. The van der Waals surface area contributed by atoms with Gasteiger partial charge in [0.05, 0.1) is 11.5 Å². The standard InChI is InChI=1S/C12H14O3S2/c1-9(13)10-3-2-4-11(7-10)16-12-5-6-17(14,15)8-12/h2-4,7,12H,5-6,8H2,1H3. The average molecular weight is 270 g/mol. The summed E-state index contributed by atoms with van der Waals surface area (Å²) in [6.07, 6.45) is 0.706. The number of sulfone groups is 1. The summed E-state index contributed by atoms with van der Waals surface area (Å²) >= 11 is 1.55. The van der Waals surface area contributed by atoms with Crippen molar-refractivity contribution in [1.82, 2.24) is 0 Å². The Morgan fingerprint density at radius 2 is 2.18 bits per heavy atom. The molecule has 0 spiro atoms. The Kier molecular flexibility index (Phi) is 3.58. The zero-order valence-electron chi connectivity index (χ0n) is 9.55. The lowest BCUT2D eigenvalue weighted by Gasteiger charge is -2.07. The van der Waals surface area contributed by atoms with Crippen molar-refractivity contribution in [1.29, 1.82) is 0 Å². The number of carbonyl (C=O) groups is 1. The molecule has 5 heteroatoms. The van der Waals surface area contributed by atoms with Gasteiger partial charge in [-0.1, -0.05) is 12.1 Å². The number of rotatable bonds is 3. The molecule has 0 saturated carbocycles. The normalized spacial score (nSPS) is 22.5. The Morgan fingerprint density at radius 3 is 2.76 bits per heavy atom. The van der Waals surface area contributed by atoms with E-state index in [-0.39, 0.29) is 22.5 Å². The number of benzene rings is 1. The van der Waals surface area contributed by atoms with Gasteiger partial charge in [0.2, 0.25) is 0 Å². The summed E-state index contributed by atoms with van der Waals surface area (Å²) < 4.78 is 22.7. The molecule has 0 radical (unpaired) electrons. The first-order valence-electron chi connectivity index (χ1n) is 5.44. The van der Waals surface area contributed by atoms with E-state index in [0.717, 1.165) is 4.90 Å². The zero-order chi connectivity index (χ0) is 12.5. The fourth-order valence-corrected chi connectivity index (χ4v) is 5.39. The zero-order valence-corrected chi connectivity index (χ0v) is 11.2. The maximum atomic E-state index is 11.3. The molecular formula is C12H14O3S2. The average Bonchev–Trinajstić information content (AvgIpc) is 2.58. The SMILES string of the molecule is CC(=O)c1cccc(SC2CCS(=O)(=O)C2)c1. The molecule has 17 heavy (non-hydrogen) atoms. The summed E-state index contributed by atoms with van der Waals surface area (Å²) in [6, 6.07) is 7.36. The number of Topliss-reactive ketones (excluding diaryl/α,β-unsaturated/α-hetero) is 1. The molecule has 0 bridgehead atoms. The van der Waals surface area contributed by atoms with E-state index in [9.17, 15) is 13.2 Å². The quantitative estimate of drug-likeness (QED) is 0.790. The first-order valence-corrected chi connectivity index (χ1v) is 8.14. The summed E-state index contributed by atoms with van der Waals surface area (Å²) in [5.41, 5.74) is 0.677. The van der Waals surface area contributed by atoms with Crippen LogP contribution in [-0.2, 0) is 9.84 Å². The van der Waals surface area contributed by atoms with Crippen molar-refractivity contribution in [2.24, 2.45) is 0 Å². The van der Waals surface area contributed by atoms with Crippen molar-refractivity contribution in [3.8, 4) is 0 Å². The van der Waals surface area contributed by atoms with E-state index in [0.29, 0.717) is 12.0 Å². The largest absolute Gasteiger partial charge is 0.295 e. The van der Waals surface area contributed by atoms with Crippen molar-refractivity contribution in [3.63, 3.8) is 0 Å². The maximum absolute atomic E-state index is 11.3. The molecule has 1 atom stereocenters. The maximum Gasteiger partial charge on any atom is 0.159 e. The van der Waals surface area contributed by atoms with Crippen LogP contribution in [0, 0.1) is 0 Å². The second-order valence-corrected chi connectivity index (χ2v) is 7.83. The van der Waals surface area contributed by atoms with Crippen molar-refractivity contribution in [2.45, 2.75) is 23.5 Å². The van der Waals surface area contributed by atoms with Gasteiger partial charge in [0.1, 0.15) is 0 Å². The van der Waals surface area contributed by atoms with E-state index >= 15 is 0 Å². The van der Waals surface area contributed by atoms with E-state index in [2.05, 4.69) is 0 Å². The van der Waals surface area contributed by atoms with E-state index in [4.69, 9.17) is 0 Å². The third-order valence-electron chi connectivity index (χ3n) is 2.73. The van der Waals surface area contributed by atoms with E-state index < -0.39 is 9.84 Å².